The third-order valence-corrected chi connectivity index (χ3v) is 4.18. The molecule has 0 aliphatic carbocycles. The van der Waals surface area contributed by atoms with Crippen LogP contribution in [0.3, 0.4) is 0 Å². The average molecular weight is 323 g/mol. The minimum absolute atomic E-state index is 0.0289. The topological polar surface area (TPSA) is 56.1 Å². The molecule has 0 fully saturated rings. The number of pyridine rings is 1. The maximum absolute atomic E-state index is 12.0. The van der Waals surface area contributed by atoms with Crippen molar-refractivity contribution < 1.29 is 14.3 Å². The molecule has 6 nitrogen and oxygen atoms in total. The fourth-order valence-corrected chi connectivity index (χ4v) is 2.99. The highest BCUT2D eigenvalue weighted by Gasteiger charge is 2.24. The number of hydrogen-bond acceptors (Lipinski definition) is 4. The Labute approximate surface area is 139 Å². The normalized spacial score (nSPS) is 13.8. The molecule has 0 radical (unpaired) electrons. The largest absolute Gasteiger partial charge is 0.493 e. The summed E-state index contributed by atoms with van der Waals surface area (Å²) < 4.78 is 12.8. The van der Waals surface area contributed by atoms with Gasteiger partial charge in [-0.2, -0.15) is 0 Å². The van der Waals surface area contributed by atoms with E-state index in [9.17, 15) is 4.79 Å². The molecule has 3 aromatic rings. The van der Waals surface area contributed by atoms with E-state index in [1.807, 2.05) is 54.0 Å². The van der Waals surface area contributed by atoms with Gasteiger partial charge in [0.05, 0.1) is 18.5 Å². The SMILES string of the molecule is CCN1C(=O)COc2ccc(-c3cn4cccc(OC)c4n3)cc21. The Morgan fingerprint density at radius 3 is 3.00 bits per heavy atom. The van der Waals surface area contributed by atoms with E-state index in [0.29, 0.717) is 6.54 Å². The summed E-state index contributed by atoms with van der Waals surface area (Å²) >= 11 is 0. The summed E-state index contributed by atoms with van der Waals surface area (Å²) in [6.45, 7) is 2.65. The average Bonchev–Trinajstić information content (AvgIpc) is 3.05. The molecular formula is C18H17N3O3. The van der Waals surface area contributed by atoms with Crippen LogP contribution >= 0.6 is 0 Å². The summed E-state index contributed by atoms with van der Waals surface area (Å²) in [5, 5.41) is 0. The first-order valence-corrected chi connectivity index (χ1v) is 7.80. The van der Waals surface area contributed by atoms with Gasteiger partial charge in [0.15, 0.2) is 18.0 Å². The summed E-state index contributed by atoms with van der Waals surface area (Å²) in [5.74, 6) is 1.41. The molecule has 0 saturated heterocycles. The molecule has 122 valence electrons. The number of nitrogens with zero attached hydrogens (tertiary/aromatic N) is 3. The zero-order valence-electron chi connectivity index (χ0n) is 13.5. The van der Waals surface area contributed by atoms with Crippen LogP contribution in [0, 0.1) is 0 Å². The number of methoxy groups -OCH3 is 1. The lowest BCUT2D eigenvalue weighted by Gasteiger charge is -2.28. The second-order valence-corrected chi connectivity index (χ2v) is 5.54. The van der Waals surface area contributed by atoms with Crippen molar-refractivity contribution in [3.63, 3.8) is 0 Å². The Morgan fingerprint density at radius 2 is 2.21 bits per heavy atom. The van der Waals surface area contributed by atoms with Crippen LogP contribution in [0.15, 0.2) is 42.7 Å². The molecule has 24 heavy (non-hydrogen) atoms. The van der Waals surface area contributed by atoms with Crippen LogP contribution in [0.25, 0.3) is 16.9 Å². The summed E-state index contributed by atoms with van der Waals surface area (Å²) in [7, 11) is 1.63. The number of aromatic nitrogens is 2. The summed E-state index contributed by atoms with van der Waals surface area (Å²) in [6, 6.07) is 9.58. The van der Waals surface area contributed by atoms with Crippen molar-refractivity contribution in [1.82, 2.24) is 9.38 Å². The molecule has 0 spiro atoms. The minimum atomic E-state index is -0.0289. The lowest BCUT2D eigenvalue weighted by atomic mass is 10.1. The van der Waals surface area contributed by atoms with E-state index in [2.05, 4.69) is 4.98 Å². The van der Waals surface area contributed by atoms with Crippen LogP contribution in [0.4, 0.5) is 5.69 Å². The van der Waals surface area contributed by atoms with E-state index >= 15 is 0 Å². The summed E-state index contributed by atoms with van der Waals surface area (Å²) in [6.07, 6.45) is 3.87. The predicted molar refractivity (Wildman–Crippen MR) is 90.7 cm³/mol. The Hall–Kier alpha value is -3.02. The summed E-state index contributed by atoms with van der Waals surface area (Å²) in [4.78, 5) is 18.4. The van der Waals surface area contributed by atoms with Crippen molar-refractivity contribution >= 4 is 17.2 Å². The van der Waals surface area contributed by atoms with Gasteiger partial charge in [0, 0.05) is 24.5 Å². The number of imidazole rings is 1. The van der Waals surface area contributed by atoms with Gasteiger partial charge in [-0.25, -0.2) is 4.98 Å². The zero-order valence-corrected chi connectivity index (χ0v) is 13.5. The van der Waals surface area contributed by atoms with Crippen LogP contribution in [-0.4, -0.2) is 35.6 Å². The van der Waals surface area contributed by atoms with Gasteiger partial charge >= 0.3 is 0 Å². The van der Waals surface area contributed by atoms with Crippen molar-refractivity contribution in [1.29, 1.82) is 0 Å². The van der Waals surface area contributed by atoms with Gasteiger partial charge in [0.1, 0.15) is 5.75 Å². The van der Waals surface area contributed by atoms with Crippen LogP contribution in [-0.2, 0) is 4.79 Å². The number of hydrogen-bond donors (Lipinski definition) is 0. The van der Waals surface area contributed by atoms with Crippen molar-refractivity contribution in [2.75, 3.05) is 25.2 Å². The first kappa shape index (κ1) is 14.6. The van der Waals surface area contributed by atoms with Gasteiger partial charge in [-0.05, 0) is 37.3 Å². The van der Waals surface area contributed by atoms with Gasteiger partial charge < -0.3 is 18.8 Å². The molecule has 0 saturated carbocycles. The molecule has 0 N–H and O–H groups in total. The number of rotatable bonds is 3. The number of carbonyl (C=O) groups excluding carboxylic acids is 1. The smallest absolute Gasteiger partial charge is 0.265 e. The second-order valence-electron chi connectivity index (χ2n) is 5.54. The maximum Gasteiger partial charge on any atom is 0.265 e. The molecule has 0 atom stereocenters. The van der Waals surface area contributed by atoms with E-state index in [1.165, 1.54) is 0 Å². The van der Waals surface area contributed by atoms with Gasteiger partial charge in [-0.15, -0.1) is 0 Å². The zero-order chi connectivity index (χ0) is 16.7. The number of likely N-dealkylation sites (N-methyl/N-ethyl adjacent to an activating group) is 1. The molecule has 0 bridgehead atoms. The molecule has 4 rings (SSSR count). The predicted octanol–water partition coefficient (Wildman–Crippen LogP) is 2.76. The van der Waals surface area contributed by atoms with Crippen LogP contribution in [0.2, 0.25) is 0 Å². The molecular weight excluding hydrogens is 306 g/mol. The van der Waals surface area contributed by atoms with E-state index in [4.69, 9.17) is 9.47 Å². The summed E-state index contributed by atoms with van der Waals surface area (Å²) in [5.41, 5.74) is 3.29. The third-order valence-electron chi connectivity index (χ3n) is 4.18. The lowest BCUT2D eigenvalue weighted by molar-refractivity contribution is -0.121. The number of carbonyl (C=O) groups is 1. The van der Waals surface area contributed by atoms with E-state index in [1.54, 1.807) is 12.0 Å². The Bertz CT molecular complexity index is 932. The first-order valence-electron chi connectivity index (χ1n) is 7.80. The van der Waals surface area contributed by atoms with Gasteiger partial charge in [-0.1, -0.05) is 0 Å². The Balaban J connectivity index is 1.83. The minimum Gasteiger partial charge on any atom is -0.493 e. The van der Waals surface area contributed by atoms with E-state index in [0.717, 1.165) is 34.1 Å². The molecule has 1 aliphatic heterocycles. The van der Waals surface area contributed by atoms with Crippen LogP contribution in [0.5, 0.6) is 11.5 Å². The van der Waals surface area contributed by atoms with Crippen molar-refractivity contribution in [2.24, 2.45) is 0 Å². The number of amides is 1. The highest BCUT2D eigenvalue weighted by atomic mass is 16.5. The highest BCUT2D eigenvalue weighted by Crippen LogP contribution is 2.36. The second kappa shape index (κ2) is 5.56. The van der Waals surface area contributed by atoms with Crippen LogP contribution < -0.4 is 14.4 Å². The molecule has 3 heterocycles. The fourth-order valence-electron chi connectivity index (χ4n) is 2.99. The van der Waals surface area contributed by atoms with Crippen molar-refractivity contribution in [3.8, 4) is 22.8 Å². The number of benzene rings is 1. The van der Waals surface area contributed by atoms with E-state index < -0.39 is 0 Å². The van der Waals surface area contributed by atoms with Gasteiger partial charge in [0.2, 0.25) is 0 Å². The Kier molecular flexibility index (Phi) is 3.37. The van der Waals surface area contributed by atoms with Crippen LogP contribution in [0.1, 0.15) is 6.92 Å². The Morgan fingerprint density at radius 1 is 1.33 bits per heavy atom. The standard InChI is InChI=1S/C18H17N3O3/c1-3-21-14-9-12(6-7-15(14)24-11-17(21)22)13-10-20-8-4-5-16(23-2)18(20)19-13/h4-10H,3,11H2,1-2H3. The number of ether oxygens (including phenoxy) is 2. The molecule has 1 aromatic carbocycles. The monoisotopic (exact) mass is 323 g/mol. The fraction of sp³-hybridized carbons (Fsp3) is 0.222. The van der Waals surface area contributed by atoms with Gasteiger partial charge in [0.25, 0.3) is 5.91 Å². The van der Waals surface area contributed by atoms with Gasteiger partial charge in [-0.3, -0.25) is 4.79 Å². The first-order chi connectivity index (χ1) is 11.7. The van der Waals surface area contributed by atoms with E-state index in [-0.39, 0.29) is 12.5 Å². The van der Waals surface area contributed by atoms with Crippen molar-refractivity contribution in [3.05, 3.63) is 42.7 Å². The molecule has 0 unspecified atom stereocenters. The molecule has 2 aromatic heterocycles. The maximum atomic E-state index is 12.0. The number of anilines is 1. The quantitative estimate of drug-likeness (QED) is 0.744. The molecule has 1 amide bonds. The lowest BCUT2D eigenvalue weighted by Crippen LogP contribution is -2.38. The molecule has 1 aliphatic rings. The number of fused-ring (bicyclic) bond motifs is 2. The third kappa shape index (κ3) is 2.19. The molecule has 6 heteroatoms. The van der Waals surface area contributed by atoms with Crippen molar-refractivity contribution in [2.45, 2.75) is 6.92 Å². The highest BCUT2D eigenvalue weighted by molar-refractivity contribution is 5.98.